The molecule has 1 aliphatic heterocycles. The van der Waals surface area contributed by atoms with Crippen molar-refractivity contribution in [1.82, 2.24) is 10.2 Å². The van der Waals surface area contributed by atoms with Crippen LogP contribution in [0.4, 0.5) is 0 Å². The summed E-state index contributed by atoms with van der Waals surface area (Å²) in [4.78, 5) is 14.0. The van der Waals surface area contributed by atoms with Gasteiger partial charge in [-0.2, -0.15) is 0 Å². The number of piperidine rings is 1. The summed E-state index contributed by atoms with van der Waals surface area (Å²) in [5, 5.41) is 3.60. The van der Waals surface area contributed by atoms with Crippen LogP contribution < -0.4 is 5.32 Å². The highest BCUT2D eigenvalue weighted by Gasteiger charge is 2.27. The number of hydrogen-bond acceptors (Lipinski definition) is 4. The number of rotatable bonds is 4. The zero-order valence-corrected chi connectivity index (χ0v) is 13.5. The molecule has 1 saturated heterocycles. The summed E-state index contributed by atoms with van der Waals surface area (Å²) in [6, 6.07) is 6.11. The topological polar surface area (TPSA) is 66.5 Å². The van der Waals surface area contributed by atoms with Crippen LogP contribution in [0.2, 0.25) is 5.02 Å². The predicted molar refractivity (Wildman–Crippen MR) is 82.2 cm³/mol. The quantitative estimate of drug-likeness (QED) is 0.904. The lowest BCUT2D eigenvalue weighted by atomic mass is 10.1. The highest BCUT2D eigenvalue weighted by molar-refractivity contribution is 7.92. The van der Waals surface area contributed by atoms with Crippen LogP contribution in [-0.4, -0.2) is 51.2 Å². The standard InChI is InChI=1S/C14H19ClN2O3S/c1-16-12-3-2-8-17(9-12)14(18)10-21(19,20)13-6-4-11(15)5-7-13/h4-7,12,16H,2-3,8-10H2,1H3/t12-/m1/s1. The van der Waals surface area contributed by atoms with Gasteiger partial charge in [-0.25, -0.2) is 8.42 Å². The third kappa shape index (κ3) is 4.18. The summed E-state index contributed by atoms with van der Waals surface area (Å²) in [6.45, 7) is 1.18. The van der Waals surface area contributed by atoms with E-state index in [0.717, 1.165) is 12.8 Å². The van der Waals surface area contributed by atoms with Crippen molar-refractivity contribution in [3.63, 3.8) is 0 Å². The number of hydrogen-bond donors (Lipinski definition) is 1. The van der Waals surface area contributed by atoms with Gasteiger partial charge in [0.15, 0.2) is 9.84 Å². The summed E-state index contributed by atoms with van der Waals surface area (Å²) in [5.41, 5.74) is 0. The van der Waals surface area contributed by atoms with E-state index in [0.29, 0.717) is 18.1 Å². The largest absolute Gasteiger partial charge is 0.340 e. The fourth-order valence-electron chi connectivity index (χ4n) is 2.42. The molecule has 0 saturated carbocycles. The Hall–Kier alpha value is -1.11. The molecule has 1 atom stereocenters. The maximum Gasteiger partial charge on any atom is 0.238 e. The van der Waals surface area contributed by atoms with Gasteiger partial charge in [0, 0.05) is 24.2 Å². The lowest BCUT2D eigenvalue weighted by Gasteiger charge is -2.32. The van der Waals surface area contributed by atoms with Gasteiger partial charge in [0.25, 0.3) is 0 Å². The number of likely N-dealkylation sites (tertiary alicyclic amines) is 1. The van der Waals surface area contributed by atoms with E-state index in [4.69, 9.17) is 11.6 Å². The van der Waals surface area contributed by atoms with E-state index in [9.17, 15) is 13.2 Å². The van der Waals surface area contributed by atoms with Crippen LogP contribution in [0, 0.1) is 0 Å². The fourth-order valence-corrected chi connectivity index (χ4v) is 3.77. The van der Waals surface area contributed by atoms with E-state index in [1.54, 1.807) is 4.90 Å². The fraction of sp³-hybridized carbons (Fsp3) is 0.500. The molecule has 7 heteroatoms. The number of nitrogens with one attached hydrogen (secondary N) is 1. The molecular formula is C14H19ClN2O3S. The highest BCUT2D eigenvalue weighted by Crippen LogP contribution is 2.17. The third-order valence-corrected chi connectivity index (χ3v) is 5.54. The van der Waals surface area contributed by atoms with Crippen LogP contribution in [0.25, 0.3) is 0 Å². The zero-order valence-electron chi connectivity index (χ0n) is 11.9. The summed E-state index contributed by atoms with van der Waals surface area (Å²) in [6.07, 6.45) is 1.89. The highest BCUT2D eigenvalue weighted by atomic mass is 35.5. The molecule has 21 heavy (non-hydrogen) atoms. The van der Waals surface area contributed by atoms with Crippen molar-refractivity contribution in [2.24, 2.45) is 0 Å². The van der Waals surface area contributed by atoms with Gasteiger partial charge in [0.1, 0.15) is 5.75 Å². The van der Waals surface area contributed by atoms with Crippen molar-refractivity contribution in [2.45, 2.75) is 23.8 Å². The van der Waals surface area contributed by atoms with E-state index in [1.165, 1.54) is 24.3 Å². The minimum atomic E-state index is -3.62. The van der Waals surface area contributed by atoms with Crippen LogP contribution in [0.1, 0.15) is 12.8 Å². The molecule has 0 spiro atoms. The second-order valence-electron chi connectivity index (χ2n) is 5.18. The maximum absolute atomic E-state index is 12.2. The Morgan fingerprint density at radius 2 is 2.05 bits per heavy atom. The van der Waals surface area contributed by atoms with Gasteiger partial charge in [-0.05, 0) is 44.2 Å². The Labute approximate surface area is 130 Å². The molecule has 0 unspecified atom stereocenters. The second kappa shape index (κ2) is 6.77. The van der Waals surface area contributed by atoms with Crippen molar-refractivity contribution in [3.8, 4) is 0 Å². The molecule has 1 aliphatic rings. The van der Waals surface area contributed by atoms with Crippen molar-refractivity contribution < 1.29 is 13.2 Å². The first-order valence-corrected chi connectivity index (χ1v) is 8.89. The first kappa shape index (κ1) is 16.3. The minimum Gasteiger partial charge on any atom is -0.340 e. The smallest absolute Gasteiger partial charge is 0.238 e. The third-order valence-electron chi connectivity index (χ3n) is 3.67. The van der Waals surface area contributed by atoms with Gasteiger partial charge in [-0.15, -0.1) is 0 Å². The zero-order chi connectivity index (χ0) is 15.5. The van der Waals surface area contributed by atoms with Gasteiger partial charge in [-0.1, -0.05) is 11.6 Å². The molecule has 1 amide bonds. The number of likely N-dealkylation sites (N-methyl/N-ethyl adjacent to an activating group) is 1. The number of sulfone groups is 1. The number of amides is 1. The van der Waals surface area contributed by atoms with Gasteiger partial charge in [0.05, 0.1) is 4.90 Å². The van der Waals surface area contributed by atoms with Gasteiger partial charge in [-0.3, -0.25) is 4.79 Å². The average molecular weight is 331 g/mol. The van der Waals surface area contributed by atoms with Crippen molar-refractivity contribution in [2.75, 3.05) is 25.9 Å². The number of halogens is 1. The molecule has 116 valence electrons. The predicted octanol–water partition coefficient (Wildman–Crippen LogP) is 1.32. The van der Waals surface area contributed by atoms with E-state index in [-0.39, 0.29) is 16.8 Å². The van der Waals surface area contributed by atoms with E-state index in [2.05, 4.69) is 5.32 Å². The molecule has 1 N–H and O–H groups in total. The molecule has 5 nitrogen and oxygen atoms in total. The van der Waals surface area contributed by atoms with Crippen molar-refractivity contribution >= 4 is 27.3 Å². The Kier molecular flexibility index (Phi) is 5.24. The molecule has 1 fully saturated rings. The van der Waals surface area contributed by atoms with Crippen molar-refractivity contribution in [1.29, 1.82) is 0 Å². The van der Waals surface area contributed by atoms with Crippen molar-refractivity contribution in [3.05, 3.63) is 29.3 Å². The van der Waals surface area contributed by atoms with E-state index < -0.39 is 15.6 Å². The first-order valence-electron chi connectivity index (χ1n) is 6.86. The molecule has 0 aliphatic carbocycles. The number of nitrogens with zero attached hydrogens (tertiary/aromatic N) is 1. The lowest BCUT2D eigenvalue weighted by molar-refractivity contribution is -0.129. The summed E-state index contributed by atoms with van der Waals surface area (Å²) in [5.74, 6) is -0.838. The molecular weight excluding hydrogens is 312 g/mol. The number of carbonyl (C=O) groups is 1. The molecule has 2 rings (SSSR count). The molecule has 0 bridgehead atoms. The first-order chi connectivity index (χ1) is 9.92. The number of benzene rings is 1. The monoisotopic (exact) mass is 330 g/mol. The van der Waals surface area contributed by atoms with Crippen LogP contribution >= 0.6 is 11.6 Å². The van der Waals surface area contributed by atoms with Crippen LogP contribution in [0.15, 0.2) is 29.2 Å². The van der Waals surface area contributed by atoms with Crippen LogP contribution in [-0.2, 0) is 14.6 Å². The summed E-state index contributed by atoms with van der Waals surface area (Å²) < 4.78 is 24.5. The Bertz CT molecular complexity index is 601. The summed E-state index contributed by atoms with van der Waals surface area (Å²) >= 11 is 5.74. The molecule has 0 aromatic heterocycles. The average Bonchev–Trinajstić information content (AvgIpc) is 2.47. The van der Waals surface area contributed by atoms with E-state index >= 15 is 0 Å². The minimum absolute atomic E-state index is 0.127. The van der Waals surface area contributed by atoms with Crippen LogP contribution in [0.3, 0.4) is 0 Å². The molecule has 0 radical (unpaired) electrons. The van der Waals surface area contributed by atoms with Crippen LogP contribution in [0.5, 0.6) is 0 Å². The van der Waals surface area contributed by atoms with Gasteiger partial charge in [0.2, 0.25) is 5.91 Å². The Balaban J connectivity index is 2.06. The van der Waals surface area contributed by atoms with E-state index in [1.807, 2.05) is 7.05 Å². The number of carbonyl (C=O) groups excluding carboxylic acids is 1. The Morgan fingerprint density at radius 3 is 2.67 bits per heavy atom. The molecule has 1 heterocycles. The SMILES string of the molecule is CN[C@@H]1CCCN(C(=O)CS(=O)(=O)c2ccc(Cl)cc2)C1. The van der Waals surface area contributed by atoms with Gasteiger partial charge < -0.3 is 10.2 Å². The molecule has 1 aromatic rings. The maximum atomic E-state index is 12.2. The lowest BCUT2D eigenvalue weighted by Crippen LogP contribution is -2.48. The summed E-state index contributed by atoms with van der Waals surface area (Å²) in [7, 11) is -1.77. The second-order valence-corrected chi connectivity index (χ2v) is 7.61. The molecule has 1 aromatic carbocycles. The normalized spacial score (nSPS) is 19.5. The van der Waals surface area contributed by atoms with Gasteiger partial charge >= 0.3 is 0 Å². The Morgan fingerprint density at radius 1 is 1.38 bits per heavy atom.